The fourth-order valence-electron chi connectivity index (χ4n) is 1.72. The molecule has 2 nitrogen and oxygen atoms in total. The van der Waals surface area contributed by atoms with Gasteiger partial charge in [0, 0.05) is 10.5 Å². The van der Waals surface area contributed by atoms with E-state index in [0.29, 0.717) is 5.69 Å². The van der Waals surface area contributed by atoms with Crippen LogP contribution in [0.4, 0.5) is 20.2 Å². The maximum atomic E-state index is 14.0. The van der Waals surface area contributed by atoms with Gasteiger partial charge in [0.2, 0.25) is 0 Å². The van der Waals surface area contributed by atoms with Gasteiger partial charge in [-0.15, -0.1) is 11.8 Å². The van der Waals surface area contributed by atoms with Crippen LogP contribution < -0.4 is 11.1 Å². The average molecular weight is 310 g/mol. The van der Waals surface area contributed by atoms with Crippen molar-refractivity contribution < 1.29 is 8.78 Å². The Kier molecular flexibility index (Phi) is 4.57. The smallest absolute Gasteiger partial charge is 0.150 e. The fraction of sp³-hybridized carbons (Fsp3) is 0.0714. The van der Waals surface area contributed by atoms with E-state index in [0.717, 1.165) is 17.0 Å². The first-order chi connectivity index (χ1) is 9.52. The fourth-order valence-corrected chi connectivity index (χ4v) is 2.39. The van der Waals surface area contributed by atoms with Gasteiger partial charge in [-0.1, -0.05) is 24.4 Å². The lowest BCUT2D eigenvalue weighted by atomic mass is 10.1. The molecule has 0 aliphatic carbocycles. The van der Waals surface area contributed by atoms with Crippen molar-refractivity contribution in [1.29, 1.82) is 0 Å². The molecule has 0 amide bonds. The molecule has 2 aromatic carbocycles. The summed E-state index contributed by atoms with van der Waals surface area (Å²) in [5.41, 5.74) is 5.96. The van der Waals surface area contributed by atoms with Gasteiger partial charge in [0.1, 0.15) is 22.3 Å². The predicted octanol–water partition coefficient (Wildman–Crippen LogP) is 4.06. The normalized spacial score (nSPS) is 10.3. The zero-order valence-corrected chi connectivity index (χ0v) is 12.2. The van der Waals surface area contributed by atoms with E-state index in [1.807, 2.05) is 18.4 Å². The second-order valence-electron chi connectivity index (χ2n) is 4.00. The number of nitrogens with one attached hydrogen (secondary N) is 1. The predicted molar refractivity (Wildman–Crippen MR) is 83.8 cm³/mol. The summed E-state index contributed by atoms with van der Waals surface area (Å²) in [5, 5.41) is 2.77. The summed E-state index contributed by atoms with van der Waals surface area (Å²) in [6.45, 7) is 0. The first-order valence-electron chi connectivity index (χ1n) is 5.72. The monoisotopic (exact) mass is 310 g/mol. The molecule has 0 aliphatic rings. The second-order valence-corrected chi connectivity index (χ2v) is 5.29. The number of thiocarbonyl (C=S) groups is 1. The zero-order valence-electron chi connectivity index (χ0n) is 10.6. The van der Waals surface area contributed by atoms with Gasteiger partial charge in [0.25, 0.3) is 0 Å². The maximum absolute atomic E-state index is 14.0. The summed E-state index contributed by atoms with van der Waals surface area (Å²) in [6.07, 6.45) is 1.89. The number of rotatable bonds is 4. The number of hydrogen-bond acceptors (Lipinski definition) is 3. The summed E-state index contributed by atoms with van der Waals surface area (Å²) >= 11 is 6.20. The van der Waals surface area contributed by atoms with E-state index in [2.05, 4.69) is 5.32 Å². The van der Waals surface area contributed by atoms with Gasteiger partial charge in [-0.2, -0.15) is 0 Å². The molecule has 0 aromatic heterocycles. The van der Waals surface area contributed by atoms with Crippen molar-refractivity contribution in [3.05, 3.63) is 53.6 Å². The van der Waals surface area contributed by atoms with E-state index in [9.17, 15) is 8.78 Å². The molecule has 0 unspecified atom stereocenters. The van der Waals surface area contributed by atoms with Gasteiger partial charge in [0.05, 0.1) is 5.69 Å². The number of anilines is 2. The molecule has 3 N–H and O–H groups in total. The maximum Gasteiger partial charge on any atom is 0.150 e. The van der Waals surface area contributed by atoms with Crippen molar-refractivity contribution in [2.45, 2.75) is 4.90 Å². The molecule has 0 bridgehead atoms. The minimum absolute atomic E-state index is 0.0427. The summed E-state index contributed by atoms with van der Waals surface area (Å²) < 4.78 is 27.9. The molecule has 0 atom stereocenters. The Labute approximate surface area is 125 Å². The van der Waals surface area contributed by atoms with Gasteiger partial charge >= 0.3 is 0 Å². The largest absolute Gasteiger partial charge is 0.389 e. The lowest BCUT2D eigenvalue weighted by Gasteiger charge is -2.13. The summed E-state index contributed by atoms with van der Waals surface area (Å²) in [4.78, 5) is 0.851. The van der Waals surface area contributed by atoms with Crippen molar-refractivity contribution in [3.63, 3.8) is 0 Å². The van der Waals surface area contributed by atoms with E-state index in [-0.39, 0.29) is 16.2 Å². The van der Waals surface area contributed by atoms with Crippen molar-refractivity contribution in [2.24, 2.45) is 5.73 Å². The number of hydrogen-bond donors (Lipinski definition) is 2. The van der Waals surface area contributed by atoms with Crippen molar-refractivity contribution in [2.75, 3.05) is 11.6 Å². The van der Waals surface area contributed by atoms with E-state index in [4.69, 9.17) is 18.0 Å². The Morgan fingerprint density at radius 2 is 1.80 bits per heavy atom. The first-order valence-corrected chi connectivity index (χ1v) is 7.35. The van der Waals surface area contributed by atoms with Gasteiger partial charge in [0.15, 0.2) is 0 Å². The Morgan fingerprint density at radius 3 is 2.35 bits per heavy atom. The number of nitrogens with two attached hydrogens (primary N) is 1. The Morgan fingerprint density at radius 1 is 1.20 bits per heavy atom. The van der Waals surface area contributed by atoms with Crippen LogP contribution in [0.2, 0.25) is 0 Å². The van der Waals surface area contributed by atoms with E-state index in [1.54, 1.807) is 12.1 Å². The van der Waals surface area contributed by atoms with Crippen LogP contribution in [-0.2, 0) is 0 Å². The number of thioether (sulfide) groups is 1. The van der Waals surface area contributed by atoms with Crippen LogP contribution in [0, 0.1) is 11.6 Å². The van der Waals surface area contributed by atoms with Crippen molar-refractivity contribution >= 4 is 40.3 Å². The summed E-state index contributed by atoms with van der Waals surface area (Å²) in [7, 11) is 0. The minimum Gasteiger partial charge on any atom is -0.389 e. The van der Waals surface area contributed by atoms with Gasteiger partial charge in [-0.25, -0.2) is 8.78 Å². The Bertz CT molecular complexity index is 636. The number of halogens is 2. The van der Waals surface area contributed by atoms with E-state index < -0.39 is 11.6 Å². The van der Waals surface area contributed by atoms with Crippen LogP contribution in [0.1, 0.15) is 5.56 Å². The lowest BCUT2D eigenvalue weighted by Crippen LogP contribution is -2.11. The van der Waals surface area contributed by atoms with Gasteiger partial charge < -0.3 is 11.1 Å². The quantitative estimate of drug-likeness (QED) is 0.659. The molecule has 0 spiro atoms. The third-order valence-corrected chi connectivity index (χ3v) is 3.72. The SMILES string of the molecule is CSc1ccccc1Nc1c(F)cc(C(N)=S)cc1F. The standard InChI is InChI=1S/C14H12F2N2S2/c1-20-12-5-3-2-4-11(12)18-13-9(15)6-8(14(17)19)7-10(13)16/h2-7,18H,1H3,(H2,17,19). The third-order valence-electron chi connectivity index (χ3n) is 2.69. The van der Waals surface area contributed by atoms with Crippen LogP contribution in [0.25, 0.3) is 0 Å². The molecule has 2 aromatic rings. The molecule has 0 radical (unpaired) electrons. The van der Waals surface area contributed by atoms with Crippen molar-refractivity contribution in [3.8, 4) is 0 Å². The molecule has 0 saturated carbocycles. The van der Waals surface area contributed by atoms with Crippen LogP contribution in [-0.4, -0.2) is 11.2 Å². The van der Waals surface area contributed by atoms with Crippen LogP contribution in [0.15, 0.2) is 41.3 Å². The highest BCUT2D eigenvalue weighted by atomic mass is 32.2. The minimum atomic E-state index is -0.733. The van der Waals surface area contributed by atoms with Crippen molar-refractivity contribution in [1.82, 2.24) is 0 Å². The zero-order chi connectivity index (χ0) is 14.7. The molecule has 2 rings (SSSR count). The van der Waals surface area contributed by atoms with Gasteiger partial charge in [-0.05, 0) is 30.5 Å². The molecule has 0 aliphatic heterocycles. The first kappa shape index (κ1) is 14.7. The highest BCUT2D eigenvalue weighted by molar-refractivity contribution is 7.98. The highest BCUT2D eigenvalue weighted by Gasteiger charge is 2.13. The molecular weight excluding hydrogens is 298 g/mol. The van der Waals surface area contributed by atoms with E-state index in [1.165, 1.54) is 11.8 Å². The topological polar surface area (TPSA) is 38.0 Å². The molecule has 6 heteroatoms. The molecule has 0 fully saturated rings. The second kappa shape index (κ2) is 6.19. The van der Waals surface area contributed by atoms with Crippen LogP contribution >= 0.6 is 24.0 Å². The van der Waals surface area contributed by atoms with Gasteiger partial charge in [-0.3, -0.25) is 0 Å². The Balaban J connectivity index is 2.41. The number of para-hydroxylation sites is 1. The third kappa shape index (κ3) is 3.08. The molecule has 0 saturated heterocycles. The molecule has 104 valence electrons. The average Bonchev–Trinajstić information content (AvgIpc) is 2.42. The van der Waals surface area contributed by atoms with E-state index >= 15 is 0 Å². The molecule has 20 heavy (non-hydrogen) atoms. The van der Waals surface area contributed by atoms with Crippen LogP contribution in [0.3, 0.4) is 0 Å². The van der Waals surface area contributed by atoms with Crippen LogP contribution in [0.5, 0.6) is 0 Å². The molecular formula is C14H12F2N2S2. The Hall–Kier alpha value is -1.66. The number of benzene rings is 2. The lowest BCUT2D eigenvalue weighted by molar-refractivity contribution is 0.590. The summed E-state index contributed by atoms with van der Waals surface area (Å²) in [5.74, 6) is -1.47. The highest BCUT2D eigenvalue weighted by Crippen LogP contribution is 2.30. The molecule has 0 heterocycles. The summed E-state index contributed by atoms with van der Waals surface area (Å²) in [6, 6.07) is 9.52.